The van der Waals surface area contributed by atoms with E-state index >= 15 is 0 Å². The number of halogens is 1. The molecule has 0 amide bonds. The van der Waals surface area contributed by atoms with Gasteiger partial charge in [0.1, 0.15) is 6.61 Å². The van der Waals surface area contributed by atoms with Crippen molar-refractivity contribution in [2.24, 2.45) is 10.6 Å². The van der Waals surface area contributed by atoms with Gasteiger partial charge < -0.3 is 4.84 Å². The summed E-state index contributed by atoms with van der Waals surface area (Å²) in [6, 6.07) is 7.96. The summed E-state index contributed by atoms with van der Waals surface area (Å²) in [6.07, 6.45) is 1.76. The minimum Gasteiger partial charge on any atom is -0.396 e. The zero-order valence-corrected chi connectivity index (χ0v) is 15.3. The fraction of sp³-hybridized carbons (Fsp3) is 0.421. The molecule has 0 saturated carbocycles. The number of aryl methyl sites for hydroxylation is 1. The first-order valence-electron chi connectivity index (χ1n) is 8.22. The Morgan fingerprint density at radius 3 is 2.71 bits per heavy atom. The third kappa shape index (κ3) is 3.44. The quantitative estimate of drug-likeness (QED) is 0.751. The van der Waals surface area contributed by atoms with Gasteiger partial charge in [0, 0.05) is 16.1 Å². The number of nitrogens with zero attached hydrogens (tertiary/aromatic N) is 3. The van der Waals surface area contributed by atoms with Crippen molar-refractivity contribution in [2.45, 2.75) is 40.5 Å². The molecule has 0 aliphatic heterocycles. The van der Waals surface area contributed by atoms with Crippen LogP contribution in [-0.4, -0.2) is 22.5 Å². The van der Waals surface area contributed by atoms with Crippen LogP contribution in [0.5, 0.6) is 0 Å². The zero-order chi connectivity index (χ0) is 17.3. The molecule has 0 unspecified atom stereocenters. The first kappa shape index (κ1) is 16.9. The Morgan fingerprint density at radius 2 is 2.00 bits per heavy atom. The number of rotatable bonds is 3. The van der Waals surface area contributed by atoms with Gasteiger partial charge in [-0.05, 0) is 55.9 Å². The minimum atomic E-state index is 0.107. The molecule has 24 heavy (non-hydrogen) atoms. The van der Waals surface area contributed by atoms with Gasteiger partial charge in [0.05, 0.1) is 17.1 Å². The third-order valence-electron chi connectivity index (χ3n) is 4.23. The van der Waals surface area contributed by atoms with E-state index < -0.39 is 0 Å². The van der Waals surface area contributed by atoms with Gasteiger partial charge >= 0.3 is 0 Å². The highest BCUT2D eigenvalue weighted by molar-refractivity contribution is 6.31. The Kier molecular flexibility index (Phi) is 4.59. The van der Waals surface area contributed by atoms with Gasteiger partial charge in [-0.2, -0.15) is 10.2 Å². The fourth-order valence-corrected chi connectivity index (χ4v) is 3.15. The van der Waals surface area contributed by atoms with Gasteiger partial charge in [0.2, 0.25) is 0 Å². The monoisotopic (exact) mass is 343 g/mol. The molecule has 2 aromatic rings. The lowest BCUT2D eigenvalue weighted by atomic mass is 9.75. The first-order chi connectivity index (χ1) is 11.4. The summed E-state index contributed by atoms with van der Waals surface area (Å²) in [5.41, 5.74) is 5.95. The number of aromatic nitrogens is 2. The molecule has 0 saturated heterocycles. The lowest BCUT2D eigenvalue weighted by Crippen LogP contribution is -2.29. The lowest BCUT2D eigenvalue weighted by Gasteiger charge is -2.30. The molecule has 5 heteroatoms. The van der Waals surface area contributed by atoms with Crippen molar-refractivity contribution in [1.29, 1.82) is 0 Å². The standard InChI is InChI=1S/C19H22ClN3O/c1-5-24-23-18-11-19(3,4)10-17-14(18)9-16(21-22-17)13-6-7-15(20)12(2)8-13/h6-9H,5,10-11H2,1-4H3. The van der Waals surface area contributed by atoms with Crippen molar-refractivity contribution in [3.05, 3.63) is 46.1 Å². The number of hydrogen-bond donors (Lipinski definition) is 0. The molecule has 4 nitrogen and oxygen atoms in total. The second kappa shape index (κ2) is 6.52. The van der Waals surface area contributed by atoms with E-state index in [0.717, 1.165) is 51.7 Å². The summed E-state index contributed by atoms with van der Waals surface area (Å²) in [4.78, 5) is 5.33. The van der Waals surface area contributed by atoms with Gasteiger partial charge in [-0.25, -0.2) is 0 Å². The van der Waals surface area contributed by atoms with Crippen molar-refractivity contribution in [3.8, 4) is 11.3 Å². The highest BCUT2D eigenvalue weighted by Gasteiger charge is 2.31. The maximum absolute atomic E-state index is 6.12. The van der Waals surface area contributed by atoms with E-state index in [1.807, 2.05) is 32.0 Å². The molecule has 0 spiro atoms. The number of fused-ring (bicyclic) bond motifs is 1. The van der Waals surface area contributed by atoms with E-state index in [4.69, 9.17) is 16.4 Å². The summed E-state index contributed by atoms with van der Waals surface area (Å²) in [7, 11) is 0. The zero-order valence-electron chi connectivity index (χ0n) is 14.6. The van der Waals surface area contributed by atoms with Crippen LogP contribution in [0.15, 0.2) is 29.4 Å². The molecule has 126 valence electrons. The predicted molar refractivity (Wildman–Crippen MR) is 97.5 cm³/mol. The molecule has 0 radical (unpaired) electrons. The van der Waals surface area contributed by atoms with E-state index in [2.05, 4.69) is 35.3 Å². The molecule has 0 atom stereocenters. The Labute approximate surface area is 147 Å². The summed E-state index contributed by atoms with van der Waals surface area (Å²) in [5, 5.41) is 14.0. The van der Waals surface area contributed by atoms with Gasteiger partial charge in [-0.1, -0.05) is 36.7 Å². The normalized spacial score (nSPS) is 17.6. The SMILES string of the molecule is CCON=C1CC(C)(C)Cc2nnc(-c3ccc(Cl)c(C)c3)cc21. The summed E-state index contributed by atoms with van der Waals surface area (Å²) < 4.78 is 0. The minimum absolute atomic E-state index is 0.107. The summed E-state index contributed by atoms with van der Waals surface area (Å²) in [5.74, 6) is 0. The molecule has 3 rings (SSSR count). The van der Waals surface area contributed by atoms with Crippen molar-refractivity contribution in [2.75, 3.05) is 6.61 Å². The van der Waals surface area contributed by atoms with Gasteiger partial charge in [-0.15, -0.1) is 0 Å². The van der Waals surface area contributed by atoms with Gasteiger partial charge in [0.15, 0.2) is 0 Å². The molecular formula is C19H22ClN3O. The molecule has 0 fully saturated rings. The van der Waals surface area contributed by atoms with Crippen LogP contribution in [0.25, 0.3) is 11.3 Å². The molecule has 0 bridgehead atoms. The molecule has 1 aliphatic carbocycles. The second-order valence-corrected chi connectivity index (χ2v) is 7.43. The molecule has 1 aromatic carbocycles. The van der Waals surface area contributed by atoms with Crippen LogP contribution >= 0.6 is 11.6 Å². The number of hydrogen-bond acceptors (Lipinski definition) is 4. The van der Waals surface area contributed by atoms with E-state index in [1.165, 1.54) is 0 Å². The second-order valence-electron chi connectivity index (χ2n) is 7.03. The van der Waals surface area contributed by atoms with Crippen molar-refractivity contribution in [3.63, 3.8) is 0 Å². The van der Waals surface area contributed by atoms with Crippen LogP contribution in [0.4, 0.5) is 0 Å². The third-order valence-corrected chi connectivity index (χ3v) is 4.65. The predicted octanol–water partition coefficient (Wildman–Crippen LogP) is 4.82. The van der Waals surface area contributed by atoms with Gasteiger partial charge in [-0.3, -0.25) is 0 Å². The van der Waals surface area contributed by atoms with Crippen molar-refractivity contribution in [1.82, 2.24) is 10.2 Å². The molecule has 1 heterocycles. The van der Waals surface area contributed by atoms with Crippen LogP contribution in [0.3, 0.4) is 0 Å². The highest BCUT2D eigenvalue weighted by atomic mass is 35.5. The average Bonchev–Trinajstić information content (AvgIpc) is 2.54. The molecular weight excluding hydrogens is 322 g/mol. The van der Waals surface area contributed by atoms with E-state index in [9.17, 15) is 0 Å². The Morgan fingerprint density at radius 1 is 1.21 bits per heavy atom. The van der Waals surface area contributed by atoms with Crippen LogP contribution in [0.1, 0.15) is 44.0 Å². The van der Waals surface area contributed by atoms with E-state index in [0.29, 0.717) is 6.61 Å². The Balaban J connectivity index is 2.06. The Bertz CT molecular complexity index is 799. The molecule has 1 aromatic heterocycles. The molecule has 1 aliphatic rings. The van der Waals surface area contributed by atoms with Crippen molar-refractivity contribution >= 4 is 17.3 Å². The summed E-state index contributed by atoms with van der Waals surface area (Å²) >= 11 is 6.12. The maximum Gasteiger partial charge on any atom is 0.114 e. The molecule has 0 N–H and O–H groups in total. The van der Waals surface area contributed by atoms with Crippen LogP contribution in [0, 0.1) is 12.3 Å². The van der Waals surface area contributed by atoms with Crippen LogP contribution in [0.2, 0.25) is 5.02 Å². The lowest BCUT2D eigenvalue weighted by molar-refractivity contribution is 0.156. The topological polar surface area (TPSA) is 47.4 Å². The number of oxime groups is 1. The fourth-order valence-electron chi connectivity index (χ4n) is 3.03. The highest BCUT2D eigenvalue weighted by Crippen LogP contribution is 2.35. The van der Waals surface area contributed by atoms with E-state index in [1.54, 1.807) is 0 Å². The van der Waals surface area contributed by atoms with Gasteiger partial charge in [0.25, 0.3) is 0 Å². The van der Waals surface area contributed by atoms with Crippen molar-refractivity contribution < 1.29 is 4.84 Å². The number of benzene rings is 1. The summed E-state index contributed by atoms with van der Waals surface area (Å²) in [6.45, 7) is 8.92. The Hall–Kier alpha value is -1.94. The largest absolute Gasteiger partial charge is 0.396 e. The smallest absolute Gasteiger partial charge is 0.114 e. The maximum atomic E-state index is 6.12. The van der Waals surface area contributed by atoms with Crippen LogP contribution < -0.4 is 0 Å². The van der Waals surface area contributed by atoms with E-state index in [-0.39, 0.29) is 5.41 Å². The first-order valence-corrected chi connectivity index (χ1v) is 8.60. The van der Waals surface area contributed by atoms with Crippen LogP contribution in [-0.2, 0) is 11.3 Å². The average molecular weight is 344 g/mol.